The summed E-state index contributed by atoms with van der Waals surface area (Å²) in [5, 5.41) is 12.0. The predicted molar refractivity (Wildman–Crippen MR) is 105 cm³/mol. The van der Waals surface area contributed by atoms with Crippen LogP contribution in [0.3, 0.4) is 0 Å². The molecule has 1 amide bonds. The molecule has 1 saturated heterocycles. The molecule has 1 aromatic heterocycles. The maximum absolute atomic E-state index is 12.7. The number of likely N-dealkylation sites (tertiary alicyclic amines) is 1. The Morgan fingerprint density at radius 3 is 2.77 bits per heavy atom. The summed E-state index contributed by atoms with van der Waals surface area (Å²) in [7, 11) is 3.96. The van der Waals surface area contributed by atoms with Gasteiger partial charge in [0.25, 0.3) is 0 Å². The molecule has 1 aromatic carbocycles. The number of hydrogen-bond acceptors (Lipinski definition) is 3. The summed E-state index contributed by atoms with van der Waals surface area (Å²) in [4.78, 5) is 16.7. The first-order chi connectivity index (χ1) is 12.4. The fourth-order valence-corrected chi connectivity index (χ4v) is 4.19. The molecule has 5 heteroatoms. The fourth-order valence-electron chi connectivity index (χ4n) is 4.19. The van der Waals surface area contributed by atoms with Crippen LogP contribution in [0.15, 0.2) is 30.3 Å². The van der Waals surface area contributed by atoms with E-state index in [-0.39, 0.29) is 5.91 Å². The number of aromatic nitrogens is 1. The van der Waals surface area contributed by atoms with Gasteiger partial charge < -0.3 is 19.5 Å². The number of rotatable bonds is 5. The molecule has 142 valence electrons. The summed E-state index contributed by atoms with van der Waals surface area (Å²) < 4.78 is 2.23. The molecule has 1 aliphatic rings. The molecule has 0 radical (unpaired) electrons. The highest BCUT2D eigenvalue weighted by molar-refractivity contribution is 5.81. The van der Waals surface area contributed by atoms with E-state index in [9.17, 15) is 9.90 Å². The van der Waals surface area contributed by atoms with Crippen molar-refractivity contribution in [1.82, 2.24) is 14.4 Å². The number of likely N-dealkylation sites (N-methyl/N-ethyl adjacent to an activating group) is 1. The van der Waals surface area contributed by atoms with Crippen LogP contribution in [0.5, 0.6) is 0 Å². The molecule has 1 aliphatic heterocycles. The lowest BCUT2D eigenvalue weighted by Gasteiger charge is -2.30. The smallest absolute Gasteiger partial charge is 0.224 e. The zero-order chi connectivity index (χ0) is 18.7. The van der Waals surface area contributed by atoms with E-state index in [2.05, 4.69) is 29.7 Å². The van der Waals surface area contributed by atoms with E-state index in [1.54, 1.807) is 0 Å². The van der Waals surface area contributed by atoms with E-state index in [1.807, 2.05) is 36.0 Å². The van der Waals surface area contributed by atoms with E-state index in [4.69, 9.17) is 0 Å². The normalized spacial score (nSPS) is 21.3. The molecule has 2 aromatic rings. The third-order valence-electron chi connectivity index (χ3n) is 5.45. The number of nitrogens with zero attached hydrogens (tertiary/aromatic N) is 3. The minimum atomic E-state index is -0.675. The molecule has 0 spiro atoms. The van der Waals surface area contributed by atoms with Crippen LogP contribution in [0.2, 0.25) is 0 Å². The average Bonchev–Trinajstić information content (AvgIpc) is 2.77. The molecular weight excluding hydrogens is 326 g/mol. The molecule has 26 heavy (non-hydrogen) atoms. The SMILES string of the molecule is Cc1cc2ccccc2n1CCC(=O)N1CCCC(O)(CN(C)C)CC1. The zero-order valence-electron chi connectivity index (χ0n) is 16.2. The van der Waals surface area contributed by atoms with Gasteiger partial charge in [0.2, 0.25) is 5.91 Å². The minimum absolute atomic E-state index is 0.191. The van der Waals surface area contributed by atoms with Crippen molar-refractivity contribution in [3.63, 3.8) is 0 Å². The lowest BCUT2D eigenvalue weighted by molar-refractivity contribution is -0.131. The molecule has 1 fully saturated rings. The zero-order valence-corrected chi connectivity index (χ0v) is 16.2. The number of aryl methyl sites for hydroxylation is 2. The number of amides is 1. The van der Waals surface area contributed by atoms with E-state index in [0.29, 0.717) is 32.5 Å². The predicted octanol–water partition coefficient (Wildman–Crippen LogP) is 2.65. The summed E-state index contributed by atoms with van der Waals surface area (Å²) in [6, 6.07) is 10.5. The molecule has 1 atom stereocenters. The quantitative estimate of drug-likeness (QED) is 0.895. The maximum Gasteiger partial charge on any atom is 0.224 e. The van der Waals surface area contributed by atoms with Crippen molar-refractivity contribution in [3.05, 3.63) is 36.0 Å². The summed E-state index contributed by atoms with van der Waals surface area (Å²) in [5.74, 6) is 0.191. The number of benzene rings is 1. The van der Waals surface area contributed by atoms with Gasteiger partial charge in [-0.15, -0.1) is 0 Å². The van der Waals surface area contributed by atoms with Crippen LogP contribution < -0.4 is 0 Å². The molecule has 0 aliphatic carbocycles. The second kappa shape index (κ2) is 7.80. The first kappa shape index (κ1) is 18.9. The second-order valence-corrected chi connectivity index (χ2v) is 7.94. The van der Waals surface area contributed by atoms with Crippen molar-refractivity contribution in [2.75, 3.05) is 33.7 Å². The molecule has 0 saturated carbocycles. The Morgan fingerprint density at radius 2 is 2.00 bits per heavy atom. The third-order valence-corrected chi connectivity index (χ3v) is 5.45. The number of hydrogen-bond donors (Lipinski definition) is 1. The summed E-state index contributed by atoms with van der Waals surface area (Å²) >= 11 is 0. The van der Waals surface area contributed by atoms with Gasteiger partial charge in [0.1, 0.15) is 0 Å². The topological polar surface area (TPSA) is 48.7 Å². The average molecular weight is 357 g/mol. The van der Waals surface area contributed by atoms with Crippen LogP contribution in [0, 0.1) is 6.92 Å². The van der Waals surface area contributed by atoms with Crippen molar-refractivity contribution in [2.45, 2.75) is 44.8 Å². The highest BCUT2D eigenvalue weighted by atomic mass is 16.3. The molecule has 2 heterocycles. The van der Waals surface area contributed by atoms with Gasteiger partial charge >= 0.3 is 0 Å². The van der Waals surface area contributed by atoms with Gasteiger partial charge in [-0.3, -0.25) is 4.79 Å². The number of aliphatic hydroxyl groups is 1. The van der Waals surface area contributed by atoms with Gasteiger partial charge in [-0.2, -0.15) is 0 Å². The molecule has 1 unspecified atom stereocenters. The van der Waals surface area contributed by atoms with Gasteiger partial charge in [-0.1, -0.05) is 18.2 Å². The van der Waals surface area contributed by atoms with Crippen molar-refractivity contribution < 1.29 is 9.90 Å². The molecule has 1 N–H and O–H groups in total. The highest BCUT2D eigenvalue weighted by Crippen LogP contribution is 2.24. The molecular formula is C21H31N3O2. The summed E-state index contributed by atoms with van der Waals surface area (Å²) in [5.41, 5.74) is 1.70. The third kappa shape index (κ3) is 4.27. The van der Waals surface area contributed by atoms with Crippen molar-refractivity contribution >= 4 is 16.8 Å². The standard InChI is InChI=1S/C21H31N3O2/c1-17-15-18-7-4-5-8-19(18)24(17)13-9-20(25)23-12-6-10-21(26,11-14-23)16-22(2)3/h4-5,7-8,15,26H,6,9-14,16H2,1-3H3. The number of para-hydroxylation sites is 1. The van der Waals surface area contributed by atoms with Crippen molar-refractivity contribution in [3.8, 4) is 0 Å². The summed E-state index contributed by atoms with van der Waals surface area (Å²) in [6.07, 6.45) is 2.78. The Hall–Kier alpha value is -1.85. The van der Waals surface area contributed by atoms with Crippen LogP contribution in [0.25, 0.3) is 10.9 Å². The van der Waals surface area contributed by atoms with Gasteiger partial charge in [0, 0.05) is 43.8 Å². The first-order valence-electron chi connectivity index (χ1n) is 9.58. The van der Waals surface area contributed by atoms with Gasteiger partial charge in [-0.25, -0.2) is 0 Å². The fraction of sp³-hybridized carbons (Fsp3) is 0.571. The van der Waals surface area contributed by atoms with Crippen molar-refractivity contribution in [2.24, 2.45) is 0 Å². The number of carbonyl (C=O) groups excluding carboxylic acids is 1. The van der Waals surface area contributed by atoms with E-state index in [0.717, 1.165) is 19.4 Å². The van der Waals surface area contributed by atoms with Crippen molar-refractivity contribution in [1.29, 1.82) is 0 Å². The minimum Gasteiger partial charge on any atom is -0.388 e. The van der Waals surface area contributed by atoms with Crippen LogP contribution in [-0.2, 0) is 11.3 Å². The van der Waals surface area contributed by atoms with Crippen LogP contribution in [0.4, 0.5) is 0 Å². The Labute approximate surface area is 156 Å². The maximum atomic E-state index is 12.7. The van der Waals surface area contributed by atoms with E-state index < -0.39 is 5.60 Å². The van der Waals surface area contributed by atoms with E-state index in [1.165, 1.54) is 16.6 Å². The number of carbonyl (C=O) groups is 1. The van der Waals surface area contributed by atoms with E-state index >= 15 is 0 Å². The van der Waals surface area contributed by atoms with Crippen LogP contribution in [-0.4, -0.2) is 64.7 Å². The molecule has 3 rings (SSSR count). The monoisotopic (exact) mass is 357 g/mol. The Balaban J connectivity index is 1.61. The lowest BCUT2D eigenvalue weighted by atomic mass is 9.94. The Kier molecular flexibility index (Phi) is 5.68. The Morgan fingerprint density at radius 1 is 1.23 bits per heavy atom. The summed E-state index contributed by atoms with van der Waals surface area (Å²) in [6.45, 7) is 4.85. The molecule has 5 nitrogen and oxygen atoms in total. The second-order valence-electron chi connectivity index (χ2n) is 7.94. The van der Waals surface area contributed by atoms with Gasteiger partial charge in [-0.05, 0) is 57.8 Å². The molecule has 0 bridgehead atoms. The van der Waals surface area contributed by atoms with Crippen LogP contribution in [0.1, 0.15) is 31.4 Å². The first-order valence-corrected chi connectivity index (χ1v) is 9.58. The van der Waals surface area contributed by atoms with Gasteiger partial charge in [0.05, 0.1) is 5.60 Å². The number of fused-ring (bicyclic) bond motifs is 1. The largest absolute Gasteiger partial charge is 0.388 e. The lowest BCUT2D eigenvalue weighted by Crippen LogP contribution is -2.41. The Bertz CT molecular complexity index is 768. The highest BCUT2D eigenvalue weighted by Gasteiger charge is 2.31. The van der Waals surface area contributed by atoms with Gasteiger partial charge in [0.15, 0.2) is 0 Å². The van der Waals surface area contributed by atoms with Crippen LogP contribution >= 0.6 is 0 Å².